The molecule has 6 atom stereocenters. The molecule has 3 saturated carbocycles. The Labute approximate surface area is 175 Å². The summed E-state index contributed by atoms with van der Waals surface area (Å²) in [6.07, 6.45) is 12.0. The van der Waals surface area contributed by atoms with E-state index in [0.717, 1.165) is 49.6 Å². The van der Waals surface area contributed by atoms with Gasteiger partial charge in [-0.2, -0.15) is 0 Å². The highest BCUT2D eigenvalue weighted by molar-refractivity contribution is 5.77. The lowest BCUT2D eigenvalue weighted by atomic mass is 9.74. The van der Waals surface area contributed by atoms with Crippen LogP contribution in [0.2, 0.25) is 0 Å². The van der Waals surface area contributed by atoms with Crippen molar-refractivity contribution in [2.24, 2.45) is 41.1 Å². The van der Waals surface area contributed by atoms with E-state index in [0.29, 0.717) is 12.6 Å². The molecule has 5 fully saturated rings. The Kier molecular flexibility index (Phi) is 5.86. The fraction of sp³-hybridized carbons (Fsp3) is 0.955. The molecule has 7 heteroatoms. The fourth-order valence-corrected chi connectivity index (χ4v) is 6.34. The average molecular weight is 405 g/mol. The number of nitrogens with two attached hydrogens (primary N) is 2. The predicted octanol–water partition coefficient (Wildman–Crippen LogP) is 0.508. The van der Waals surface area contributed by atoms with E-state index in [1.54, 1.807) is 0 Å². The number of piperidine rings is 1. The third-order valence-corrected chi connectivity index (χ3v) is 8.26. The van der Waals surface area contributed by atoms with Crippen LogP contribution in [0.25, 0.3) is 0 Å². The summed E-state index contributed by atoms with van der Waals surface area (Å²) in [7, 11) is 0. The van der Waals surface area contributed by atoms with Crippen molar-refractivity contribution < 1.29 is 4.79 Å². The van der Waals surface area contributed by atoms with Gasteiger partial charge in [-0.05, 0) is 81.5 Å². The summed E-state index contributed by atoms with van der Waals surface area (Å²) in [5.74, 6) is 3.27. The van der Waals surface area contributed by atoms with E-state index in [9.17, 15) is 4.79 Å². The van der Waals surface area contributed by atoms with Gasteiger partial charge in [0.1, 0.15) is 6.29 Å². The van der Waals surface area contributed by atoms with Crippen molar-refractivity contribution >= 4 is 5.91 Å². The zero-order valence-corrected chi connectivity index (χ0v) is 17.7. The maximum Gasteiger partial charge on any atom is 0.224 e. The number of carbonyl (C=O) groups is 1. The third kappa shape index (κ3) is 4.79. The van der Waals surface area contributed by atoms with Gasteiger partial charge in [-0.15, -0.1) is 0 Å². The van der Waals surface area contributed by atoms with Gasteiger partial charge in [0, 0.05) is 31.7 Å². The Morgan fingerprint density at radius 1 is 0.966 bits per heavy atom. The van der Waals surface area contributed by atoms with Crippen molar-refractivity contribution in [2.75, 3.05) is 19.6 Å². The van der Waals surface area contributed by atoms with Crippen molar-refractivity contribution in [3.05, 3.63) is 0 Å². The smallest absolute Gasteiger partial charge is 0.224 e. The molecule has 0 aromatic heterocycles. The van der Waals surface area contributed by atoms with Crippen LogP contribution in [-0.2, 0) is 4.79 Å². The first-order valence-corrected chi connectivity index (χ1v) is 12.1. The fourth-order valence-electron chi connectivity index (χ4n) is 6.34. The van der Waals surface area contributed by atoms with Crippen molar-refractivity contribution in [2.45, 2.75) is 82.3 Å². The SMILES string of the molecule is NC(=O)C1CNC(N2CCC[C@H](N)C2)NC1NC1CC(C2CC2)CC(C2CC2)C1. The molecule has 7 N–H and O–H groups in total. The molecule has 164 valence electrons. The van der Waals surface area contributed by atoms with E-state index in [4.69, 9.17) is 11.5 Å². The summed E-state index contributed by atoms with van der Waals surface area (Å²) in [6, 6.07) is 0.742. The van der Waals surface area contributed by atoms with Gasteiger partial charge in [0.25, 0.3) is 0 Å². The molecule has 5 aliphatic rings. The maximum absolute atomic E-state index is 12.2. The van der Waals surface area contributed by atoms with E-state index in [1.807, 2.05) is 0 Å². The highest BCUT2D eigenvalue weighted by Gasteiger charge is 2.44. The second-order valence-electron chi connectivity index (χ2n) is 10.6. The van der Waals surface area contributed by atoms with Crippen LogP contribution in [0.4, 0.5) is 0 Å². The highest BCUT2D eigenvalue weighted by Crippen LogP contribution is 2.51. The molecule has 0 spiro atoms. The molecule has 2 saturated heterocycles. The zero-order valence-electron chi connectivity index (χ0n) is 17.7. The maximum atomic E-state index is 12.2. The average Bonchev–Trinajstić information content (AvgIpc) is 3.60. The van der Waals surface area contributed by atoms with E-state index < -0.39 is 0 Å². The van der Waals surface area contributed by atoms with Gasteiger partial charge in [0.2, 0.25) is 5.91 Å². The highest BCUT2D eigenvalue weighted by atomic mass is 16.1. The van der Waals surface area contributed by atoms with Crippen molar-refractivity contribution in [3.63, 3.8) is 0 Å². The Morgan fingerprint density at radius 2 is 1.66 bits per heavy atom. The molecule has 0 aromatic carbocycles. The molecule has 0 aromatic rings. The first-order chi connectivity index (χ1) is 14.1. The second kappa shape index (κ2) is 8.42. The largest absolute Gasteiger partial charge is 0.369 e. The molecule has 0 radical (unpaired) electrons. The van der Waals surface area contributed by atoms with Crippen LogP contribution < -0.4 is 27.4 Å². The summed E-state index contributed by atoms with van der Waals surface area (Å²) in [6.45, 7) is 2.57. The first kappa shape index (κ1) is 20.2. The summed E-state index contributed by atoms with van der Waals surface area (Å²) in [4.78, 5) is 14.6. The van der Waals surface area contributed by atoms with Gasteiger partial charge in [-0.1, -0.05) is 0 Å². The van der Waals surface area contributed by atoms with Crippen molar-refractivity contribution in [1.29, 1.82) is 0 Å². The second-order valence-corrected chi connectivity index (χ2v) is 10.6. The number of hydrogen-bond donors (Lipinski definition) is 5. The Morgan fingerprint density at radius 3 is 2.24 bits per heavy atom. The number of rotatable bonds is 6. The van der Waals surface area contributed by atoms with Crippen LogP contribution in [0.3, 0.4) is 0 Å². The van der Waals surface area contributed by atoms with Crippen LogP contribution in [-0.4, -0.2) is 55.0 Å². The zero-order chi connectivity index (χ0) is 20.0. The minimum Gasteiger partial charge on any atom is -0.369 e. The van der Waals surface area contributed by atoms with Gasteiger partial charge in [-0.25, -0.2) is 0 Å². The number of likely N-dealkylation sites (tertiary alicyclic amines) is 1. The van der Waals surface area contributed by atoms with E-state index in [2.05, 4.69) is 20.9 Å². The van der Waals surface area contributed by atoms with E-state index >= 15 is 0 Å². The number of nitrogens with zero attached hydrogens (tertiary/aromatic N) is 1. The van der Waals surface area contributed by atoms with Crippen molar-refractivity contribution in [3.8, 4) is 0 Å². The van der Waals surface area contributed by atoms with Crippen LogP contribution >= 0.6 is 0 Å². The Bertz CT molecular complexity index is 574. The number of carbonyl (C=O) groups excluding carboxylic acids is 1. The predicted molar refractivity (Wildman–Crippen MR) is 113 cm³/mol. The monoisotopic (exact) mass is 404 g/mol. The number of nitrogens with one attached hydrogen (secondary N) is 3. The summed E-state index contributed by atoms with van der Waals surface area (Å²) in [5, 5.41) is 11.1. The molecule has 0 bridgehead atoms. The molecule has 5 rings (SSSR count). The van der Waals surface area contributed by atoms with Gasteiger partial charge in [0.05, 0.1) is 12.1 Å². The first-order valence-electron chi connectivity index (χ1n) is 12.1. The summed E-state index contributed by atoms with van der Waals surface area (Å²) in [5.41, 5.74) is 12.0. The van der Waals surface area contributed by atoms with Crippen LogP contribution in [0.5, 0.6) is 0 Å². The molecule has 5 unspecified atom stereocenters. The molecule has 1 amide bonds. The lowest BCUT2D eigenvalue weighted by Gasteiger charge is -2.46. The lowest BCUT2D eigenvalue weighted by Crippen LogP contribution is -2.72. The lowest BCUT2D eigenvalue weighted by molar-refractivity contribution is -0.124. The molecular formula is C22H40N6O. The van der Waals surface area contributed by atoms with E-state index in [1.165, 1.54) is 44.9 Å². The molecule has 29 heavy (non-hydrogen) atoms. The van der Waals surface area contributed by atoms with Crippen LogP contribution in [0, 0.1) is 29.6 Å². The summed E-state index contributed by atoms with van der Waals surface area (Å²) < 4.78 is 0. The number of primary amides is 1. The van der Waals surface area contributed by atoms with Gasteiger partial charge < -0.3 is 11.5 Å². The minimum absolute atomic E-state index is 0.0558. The normalized spacial score (nSPS) is 44.5. The Balaban J connectivity index is 1.25. The van der Waals surface area contributed by atoms with Gasteiger partial charge >= 0.3 is 0 Å². The van der Waals surface area contributed by atoms with Crippen LogP contribution in [0.15, 0.2) is 0 Å². The standard InChI is InChI=1S/C22H40N6O/c23-17-2-1-7-28(12-17)22-25-11-19(20(24)29)21(27-22)26-18-9-15(13-3-4-13)8-16(10-18)14-5-6-14/h13-19,21-22,25-27H,1-12,23H2,(H2,24,29)/t15?,16?,17-,18?,19?,21?,22?/m0/s1. The molecular weight excluding hydrogens is 364 g/mol. The summed E-state index contributed by atoms with van der Waals surface area (Å²) >= 11 is 0. The minimum atomic E-state index is -0.218. The third-order valence-electron chi connectivity index (χ3n) is 8.26. The molecule has 3 aliphatic carbocycles. The molecule has 2 aliphatic heterocycles. The molecule has 2 heterocycles. The quantitative estimate of drug-likeness (QED) is 0.441. The number of hydrogen-bond acceptors (Lipinski definition) is 6. The van der Waals surface area contributed by atoms with E-state index in [-0.39, 0.29) is 30.3 Å². The number of amides is 1. The van der Waals surface area contributed by atoms with Gasteiger partial charge in [0.15, 0.2) is 0 Å². The van der Waals surface area contributed by atoms with Gasteiger partial charge in [-0.3, -0.25) is 25.6 Å². The molecule has 7 nitrogen and oxygen atoms in total. The topological polar surface area (TPSA) is 108 Å². The van der Waals surface area contributed by atoms with Crippen LogP contribution in [0.1, 0.15) is 57.8 Å². The Hall–Kier alpha value is -0.730. The van der Waals surface area contributed by atoms with Crippen molar-refractivity contribution in [1.82, 2.24) is 20.9 Å².